The molecule has 1 aromatic rings. The van der Waals surface area contributed by atoms with Crippen LogP contribution in [0, 0.1) is 34.6 Å². The Bertz CT molecular complexity index is 308. The fraction of sp³-hybridized carbons (Fsp3) is 0.500. The van der Waals surface area contributed by atoms with Crippen LogP contribution in [0.25, 0.3) is 0 Å². The molecule has 0 amide bonds. The normalized spacial score (nSPS) is 10.6. The van der Waals surface area contributed by atoms with E-state index in [2.05, 4.69) is 50.6 Å². The molecular formula is C12H17Se. The third-order valence-electron chi connectivity index (χ3n) is 3.30. The Labute approximate surface area is 89.6 Å². The zero-order chi connectivity index (χ0) is 10.2. The maximum absolute atomic E-state index is 3.11. The van der Waals surface area contributed by atoms with E-state index in [-0.39, 0.29) is 0 Å². The predicted molar refractivity (Wildman–Crippen MR) is 59.6 cm³/mol. The average molecular weight is 240 g/mol. The quantitative estimate of drug-likeness (QED) is 0.662. The van der Waals surface area contributed by atoms with Crippen LogP contribution in [0.2, 0.25) is 0 Å². The molecule has 0 saturated heterocycles. The molecular weight excluding hydrogens is 223 g/mol. The molecule has 1 heteroatoms. The van der Waals surface area contributed by atoms with Gasteiger partial charge in [0.1, 0.15) is 0 Å². The summed E-state index contributed by atoms with van der Waals surface area (Å²) in [6.07, 6.45) is 0. The molecule has 71 valence electrons. The first-order valence-electron chi connectivity index (χ1n) is 4.64. The van der Waals surface area contributed by atoms with E-state index in [9.17, 15) is 0 Å². The summed E-state index contributed by atoms with van der Waals surface area (Å²) < 4.78 is 0. The van der Waals surface area contributed by atoms with E-state index < -0.39 is 0 Å². The van der Waals surface area contributed by atoms with Crippen molar-refractivity contribution in [2.75, 3.05) is 0 Å². The van der Waals surface area contributed by atoms with E-state index in [0.717, 1.165) is 5.32 Å². The van der Waals surface area contributed by atoms with Crippen LogP contribution >= 0.6 is 0 Å². The number of hydrogen-bond donors (Lipinski definition) is 0. The van der Waals surface area contributed by atoms with Gasteiger partial charge in [0.2, 0.25) is 0 Å². The van der Waals surface area contributed by atoms with Gasteiger partial charge in [-0.05, 0) is 0 Å². The first-order valence-corrected chi connectivity index (χ1v) is 5.85. The average Bonchev–Trinajstić information content (AvgIpc) is 2.13. The zero-order valence-corrected chi connectivity index (χ0v) is 10.8. The first-order chi connectivity index (χ1) is 6.00. The Balaban J connectivity index is 3.56. The van der Waals surface area contributed by atoms with Crippen molar-refractivity contribution in [3.63, 3.8) is 0 Å². The van der Waals surface area contributed by atoms with Crippen LogP contribution in [0.15, 0.2) is 0 Å². The van der Waals surface area contributed by atoms with Gasteiger partial charge < -0.3 is 0 Å². The van der Waals surface area contributed by atoms with Crippen LogP contribution in [0.1, 0.15) is 33.4 Å². The summed E-state index contributed by atoms with van der Waals surface area (Å²) in [7, 11) is 0. The molecule has 0 saturated carbocycles. The SMILES string of the molecule is Cc1c(C)c(C)c(C[Se])c(C)c1C. The van der Waals surface area contributed by atoms with Crippen LogP contribution in [-0.2, 0) is 5.32 Å². The summed E-state index contributed by atoms with van der Waals surface area (Å²) in [5.41, 5.74) is 8.76. The molecule has 0 aliphatic carbocycles. The Kier molecular flexibility index (Phi) is 3.21. The van der Waals surface area contributed by atoms with Crippen LogP contribution in [0.4, 0.5) is 0 Å². The van der Waals surface area contributed by atoms with Crippen molar-refractivity contribution in [2.24, 2.45) is 0 Å². The number of benzene rings is 1. The van der Waals surface area contributed by atoms with Gasteiger partial charge in [0.05, 0.1) is 0 Å². The molecule has 0 unspecified atom stereocenters. The van der Waals surface area contributed by atoms with Crippen LogP contribution in [-0.4, -0.2) is 16.0 Å². The third kappa shape index (κ3) is 1.68. The summed E-state index contributed by atoms with van der Waals surface area (Å²) in [6, 6.07) is 0. The second kappa shape index (κ2) is 3.86. The van der Waals surface area contributed by atoms with Gasteiger partial charge in [-0.1, -0.05) is 0 Å². The van der Waals surface area contributed by atoms with Gasteiger partial charge in [-0.3, -0.25) is 0 Å². The van der Waals surface area contributed by atoms with Gasteiger partial charge >= 0.3 is 89.3 Å². The molecule has 0 aromatic heterocycles. The van der Waals surface area contributed by atoms with Crippen molar-refractivity contribution >= 4 is 16.0 Å². The molecule has 0 nitrogen and oxygen atoms in total. The van der Waals surface area contributed by atoms with E-state index in [1.54, 1.807) is 0 Å². The molecule has 13 heavy (non-hydrogen) atoms. The zero-order valence-electron chi connectivity index (χ0n) is 9.12. The van der Waals surface area contributed by atoms with Gasteiger partial charge in [-0.15, -0.1) is 0 Å². The molecule has 0 aliphatic rings. The Morgan fingerprint density at radius 1 is 0.692 bits per heavy atom. The molecule has 0 spiro atoms. The topological polar surface area (TPSA) is 0 Å². The Morgan fingerprint density at radius 2 is 1.00 bits per heavy atom. The molecule has 0 fully saturated rings. The second-order valence-corrected chi connectivity index (χ2v) is 4.35. The maximum atomic E-state index is 3.11. The van der Waals surface area contributed by atoms with Crippen molar-refractivity contribution in [2.45, 2.75) is 39.9 Å². The Hall–Kier alpha value is -0.261. The molecule has 0 N–H and O–H groups in total. The van der Waals surface area contributed by atoms with Gasteiger partial charge in [0, 0.05) is 0 Å². The third-order valence-corrected chi connectivity index (χ3v) is 3.91. The second-order valence-electron chi connectivity index (χ2n) is 3.75. The van der Waals surface area contributed by atoms with Gasteiger partial charge in [0.15, 0.2) is 0 Å². The standard InChI is InChI=1S/C12H17Se/c1-7-8(2)10(4)12(6-13)11(5)9(7)3/h6H2,1-5H3. The van der Waals surface area contributed by atoms with Crippen LogP contribution < -0.4 is 0 Å². The molecule has 1 aromatic carbocycles. The van der Waals surface area contributed by atoms with Gasteiger partial charge in [0.25, 0.3) is 0 Å². The molecule has 0 bridgehead atoms. The van der Waals surface area contributed by atoms with Crippen LogP contribution in [0.3, 0.4) is 0 Å². The van der Waals surface area contributed by atoms with E-state index in [1.165, 1.54) is 33.4 Å². The summed E-state index contributed by atoms with van der Waals surface area (Å²) in [5.74, 6) is 0. The van der Waals surface area contributed by atoms with E-state index in [4.69, 9.17) is 0 Å². The van der Waals surface area contributed by atoms with Crippen molar-refractivity contribution in [1.82, 2.24) is 0 Å². The fourth-order valence-corrected chi connectivity index (χ4v) is 2.70. The molecule has 1 radical (unpaired) electrons. The number of hydrogen-bond acceptors (Lipinski definition) is 0. The van der Waals surface area contributed by atoms with Crippen molar-refractivity contribution in [1.29, 1.82) is 0 Å². The van der Waals surface area contributed by atoms with Gasteiger partial charge in [-0.25, -0.2) is 0 Å². The molecule has 0 heterocycles. The van der Waals surface area contributed by atoms with Crippen LogP contribution in [0.5, 0.6) is 0 Å². The van der Waals surface area contributed by atoms with E-state index >= 15 is 0 Å². The molecule has 0 aliphatic heterocycles. The van der Waals surface area contributed by atoms with Crippen molar-refractivity contribution < 1.29 is 0 Å². The molecule has 0 atom stereocenters. The van der Waals surface area contributed by atoms with Gasteiger partial charge in [-0.2, -0.15) is 0 Å². The Morgan fingerprint density at radius 3 is 1.31 bits per heavy atom. The summed E-state index contributed by atoms with van der Waals surface area (Å²) in [4.78, 5) is 0. The first kappa shape index (κ1) is 10.8. The fourth-order valence-electron chi connectivity index (χ4n) is 1.79. The minimum absolute atomic E-state index is 1.03. The van der Waals surface area contributed by atoms with E-state index in [1.807, 2.05) is 0 Å². The number of rotatable bonds is 1. The summed E-state index contributed by atoms with van der Waals surface area (Å²) >= 11 is 3.11. The van der Waals surface area contributed by atoms with Crippen molar-refractivity contribution in [3.05, 3.63) is 33.4 Å². The molecule has 1 rings (SSSR count). The minimum atomic E-state index is 1.03. The summed E-state index contributed by atoms with van der Waals surface area (Å²) in [6.45, 7) is 11.1. The monoisotopic (exact) mass is 241 g/mol. The predicted octanol–water partition coefficient (Wildman–Crippen LogP) is 2.90. The van der Waals surface area contributed by atoms with E-state index in [0.29, 0.717) is 0 Å². The summed E-state index contributed by atoms with van der Waals surface area (Å²) in [5, 5.41) is 1.03. The van der Waals surface area contributed by atoms with Crippen molar-refractivity contribution in [3.8, 4) is 0 Å².